The Kier molecular flexibility index (Phi) is 5.05. The molecule has 8 nitrogen and oxygen atoms in total. The van der Waals surface area contributed by atoms with Crippen LogP contribution in [0.2, 0.25) is 0 Å². The van der Waals surface area contributed by atoms with Gasteiger partial charge in [-0.2, -0.15) is 15.0 Å². The lowest BCUT2D eigenvalue weighted by atomic mass is 10.1. The molecule has 1 rings (SSSR count). The van der Waals surface area contributed by atoms with Gasteiger partial charge in [-0.3, -0.25) is 0 Å². The van der Waals surface area contributed by atoms with E-state index in [9.17, 15) is 5.11 Å². The molecule has 0 aromatic carbocycles. The number of hydrogen-bond donors (Lipinski definition) is 4. The first kappa shape index (κ1) is 14.4. The quantitative estimate of drug-likeness (QED) is 0.515. The number of ether oxygens (including phenoxy) is 1. The number of rotatable bonds is 7. The number of hydrogen-bond acceptors (Lipinski definition) is 8. The molecule has 102 valence electrons. The van der Waals surface area contributed by atoms with Gasteiger partial charge in [0.05, 0.1) is 13.7 Å². The van der Waals surface area contributed by atoms with Crippen LogP contribution in [-0.2, 0) is 0 Å². The second-order valence-electron chi connectivity index (χ2n) is 4.01. The minimum Gasteiger partial charge on any atom is -0.467 e. The molecule has 0 amide bonds. The van der Waals surface area contributed by atoms with E-state index in [1.807, 2.05) is 6.92 Å². The molecule has 0 aliphatic carbocycles. The van der Waals surface area contributed by atoms with Crippen molar-refractivity contribution in [2.45, 2.75) is 19.4 Å². The number of aromatic nitrogens is 3. The minimum atomic E-state index is -1.24. The fourth-order valence-corrected chi connectivity index (χ4v) is 1.09. The van der Waals surface area contributed by atoms with Gasteiger partial charge in [-0.15, -0.1) is 0 Å². The van der Waals surface area contributed by atoms with Crippen molar-refractivity contribution >= 4 is 11.9 Å². The lowest BCUT2D eigenvalue weighted by molar-refractivity contribution is 0.0131. The van der Waals surface area contributed by atoms with Crippen LogP contribution in [0.1, 0.15) is 13.8 Å². The Morgan fingerprint density at radius 3 is 2.33 bits per heavy atom. The SMILES string of the molecule is CCNc1nc(NCC(C)(O)CO)nc(OC)n1. The summed E-state index contributed by atoms with van der Waals surface area (Å²) in [6.45, 7) is 3.84. The Morgan fingerprint density at radius 2 is 1.83 bits per heavy atom. The summed E-state index contributed by atoms with van der Waals surface area (Å²) in [5.74, 6) is 0.655. The summed E-state index contributed by atoms with van der Waals surface area (Å²) in [4.78, 5) is 12.1. The third kappa shape index (κ3) is 4.30. The summed E-state index contributed by atoms with van der Waals surface area (Å²) >= 11 is 0. The Bertz CT molecular complexity index is 386. The van der Waals surface area contributed by atoms with Gasteiger partial charge in [-0.1, -0.05) is 0 Å². The molecule has 1 aromatic heterocycles. The smallest absolute Gasteiger partial charge is 0.322 e. The third-order valence-electron chi connectivity index (χ3n) is 2.10. The van der Waals surface area contributed by atoms with Gasteiger partial charge in [0.1, 0.15) is 5.60 Å². The molecular formula is C10H19N5O3. The van der Waals surface area contributed by atoms with Crippen LogP contribution in [0.3, 0.4) is 0 Å². The zero-order valence-electron chi connectivity index (χ0n) is 10.8. The molecule has 0 saturated carbocycles. The Hall–Kier alpha value is -1.67. The fraction of sp³-hybridized carbons (Fsp3) is 0.700. The molecule has 0 fully saturated rings. The van der Waals surface area contributed by atoms with Gasteiger partial charge in [0.15, 0.2) is 0 Å². The number of methoxy groups -OCH3 is 1. The van der Waals surface area contributed by atoms with Crippen molar-refractivity contribution in [1.82, 2.24) is 15.0 Å². The maximum Gasteiger partial charge on any atom is 0.322 e. The molecule has 8 heteroatoms. The highest BCUT2D eigenvalue weighted by atomic mass is 16.5. The predicted octanol–water partition coefficient (Wildman–Crippen LogP) is -0.533. The maximum atomic E-state index is 9.65. The van der Waals surface area contributed by atoms with Crippen molar-refractivity contribution in [1.29, 1.82) is 0 Å². The molecule has 1 heterocycles. The van der Waals surface area contributed by atoms with Gasteiger partial charge in [-0.05, 0) is 13.8 Å². The standard InChI is InChI=1S/C10H19N5O3/c1-4-11-7-13-8(15-9(14-7)18-3)12-5-10(2,17)6-16/h16-17H,4-6H2,1-3H3,(H2,11,12,13,14,15). The third-order valence-corrected chi connectivity index (χ3v) is 2.10. The van der Waals surface area contributed by atoms with Crippen molar-refractivity contribution in [2.24, 2.45) is 0 Å². The minimum absolute atomic E-state index is 0.113. The summed E-state index contributed by atoms with van der Waals surface area (Å²) in [5, 5.41) is 24.3. The van der Waals surface area contributed by atoms with Crippen LogP contribution in [0.25, 0.3) is 0 Å². The Morgan fingerprint density at radius 1 is 1.22 bits per heavy atom. The number of aliphatic hydroxyl groups excluding tert-OH is 1. The summed E-state index contributed by atoms with van der Waals surface area (Å²) in [5.41, 5.74) is -1.24. The molecule has 1 aromatic rings. The van der Waals surface area contributed by atoms with Crippen molar-refractivity contribution in [3.05, 3.63) is 0 Å². The summed E-state index contributed by atoms with van der Waals surface area (Å²) in [6.07, 6.45) is 0. The first-order chi connectivity index (χ1) is 8.50. The average Bonchev–Trinajstić information content (AvgIpc) is 2.37. The normalized spacial score (nSPS) is 13.8. The second-order valence-corrected chi connectivity index (χ2v) is 4.01. The maximum absolute atomic E-state index is 9.65. The van der Waals surface area contributed by atoms with Crippen LogP contribution in [0.5, 0.6) is 6.01 Å². The summed E-state index contributed by atoms with van der Waals surface area (Å²) < 4.78 is 4.95. The summed E-state index contributed by atoms with van der Waals surface area (Å²) in [6, 6.07) is 0.173. The summed E-state index contributed by atoms with van der Waals surface area (Å²) in [7, 11) is 1.46. The molecule has 0 radical (unpaired) electrons. The van der Waals surface area contributed by atoms with E-state index in [1.165, 1.54) is 14.0 Å². The highest BCUT2D eigenvalue weighted by Gasteiger charge is 2.19. The largest absolute Gasteiger partial charge is 0.467 e. The number of nitrogens with zero attached hydrogens (tertiary/aromatic N) is 3. The van der Waals surface area contributed by atoms with Crippen LogP contribution < -0.4 is 15.4 Å². The first-order valence-corrected chi connectivity index (χ1v) is 5.62. The van der Waals surface area contributed by atoms with Crippen LogP contribution in [0.4, 0.5) is 11.9 Å². The Balaban J connectivity index is 2.78. The van der Waals surface area contributed by atoms with Crippen LogP contribution >= 0.6 is 0 Å². The zero-order chi connectivity index (χ0) is 13.6. The second kappa shape index (κ2) is 6.31. The van der Waals surface area contributed by atoms with E-state index in [0.29, 0.717) is 12.5 Å². The van der Waals surface area contributed by atoms with Gasteiger partial charge in [0, 0.05) is 13.1 Å². The van der Waals surface area contributed by atoms with Crippen molar-refractivity contribution < 1.29 is 14.9 Å². The topological polar surface area (TPSA) is 112 Å². The van der Waals surface area contributed by atoms with E-state index in [4.69, 9.17) is 9.84 Å². The van der Waals surface area contributed by atoms with E-state index in [2.05, 4.69) is 25.6 Å². The van der Waals surface area contributed by atoms with E-state index < -0.39 is 5.60 Å². The molecule has 4 N–H and O–H groups in total. The highest BCUT2D eigenvalue weighted by Crippen LogP contribution is 2.11. The molecule has 1 unspecified atom stereocenters. The lowest BCUT2D eigenvalue weighted by Crippen LogP contribution is -2.37. The number of nitrogens with one attached hydrogen (secondary N) is 2. The molecule has 1 atom stereocenters. The van der Waals surface area contributed by atoms with Crippen molar-refractivity contribution in [3.63, 3.8) is 0 Å². The van der Waals surface area contributed by atoms with Gasteiger partial charge in [-0.25, -0.2) is 0 Å². The first-order valence-electron chi connectivity index (χ1n) is 5.62. The van der Waals surface area contributed by atoms with E-state index in [-0.39, 0.29) is 25.1 Å². The van der Waals surface area contributed by atoms with Gasteiger partial charge in [0.25, 0.3) is 0 Å². The van der Waals surface area contributed by atoms with Crippen LogP contribution in [0, 0.1) is 0 Å². The van der Waals surface area contributed by atoms with Crippen LogP contribution in [-0.4, -0.2) is 57.6 Å². The van der Waals surface area contributed by atoms with Crippen molar-refractivity contribution in [2.75, 3.05) is 37.4 Å². The predicted molar refractivity (Wildman–Crippen MR) is 66.7 cm³/mol. The monoisotopic (exact) mass is 257 g/mol. The van der Waals surface area contributed by atoms with E-state index in [0.717, 1.165) is 0 Å². The molecule has 0 aliphatic rings. The fourth-order valence-electron chi connectivity index (χ4n) is 1.09. The van der Waals surface area contributed by atoms with Gasteiger partial charge < -0.3 is 25.6 Å². The molecule has 0 aliphatic heterocycles. The lowest BCUT2D eigenvalue weighted by Gasteiger charge is -2.20. The molecule has 18 heavy (non-hydrogen) atoms. The highest BCUT2D eigenvalue weighted by molar-refractivity contribution is 5.36. The van der Waals surface area contributed by atoms with E-state index in [1.54, 1.807) is 0 Å². The molecular weight excluding hydrogens is 238 g/mol. The zero-order valence-corrected chi connectivity index (χ0v) is 10.8. The average molecular weight is 257 g/mol. The van der Waals surface area contributed by atoms with Gasteiger partial charge >= 0.3 is 6.01 Å². The Labute approximate surface area is 105 Å². The molecule has 0 bridgehead atoms. The van der Waals surface area contributed by atoms with Crippen molar-refractivity contribution in [3.8, 4) is 6.01 Å². The molecule has 0 saturated heterocycles. The van der Waals surface area contributed by atoms with Crippen LogP contribution in [0.15, 0.2) is 0 Å². The van der Waals surface area contributed by atoms with E-state index >= 15 is 0 Å². The molecule has 0 spiro atoms. The number of anilines is 2. The number of aliphatic hydroxyl groups is 2. The van der Waals surface area contributed by atoms with Gasteiger partial charge in [0.2, 0.25) is 11.9 Å².